The smallest absolute Gasteiger partial charge is 0.301 e. The second-order valence-corrected chi connectivity index (χ2v) is 11.2. The van der Waals surface area contributed by atoms with E-state index in [2.05, 4.69) is 10.2 Å². The minimum Gasteiger partial charge on any atom is -0.508 e. The highest BCUT2D eigenvalue weighted by atomic mass is 35.5. The highest BCUT2D eigenvalue weighted by Crippen LogP contribution is 2.44. The monoisotopic (exact) mass is 587 g/mol. The van der Waals surface area contributed by atoms with Gasteiger partial charge in [-0.3, -0.25) is 14.5 Å². The Labute approximate surface area is 234 Å². The van der Waals surface area contributed by atoms with Crippen molar-refractivity contribution in [3.63, 3.8) is 0 Å². The van der Waals surface area contributed by atoms with Gasteiger partial charge in [-0.2, -0.15) is 0 Å². The molecule has 7 nitrogen and oxygen atoms in total. The summed E-state index contributed by atoms with van der Waals surface area (Å²) in [4.78, 5) is 27.6. The Morgan fingerprint density at radius 2 is 1.74 bits per heavy atom. The molecule has 4 aromatic rings. The molecule has 0 spiro atoms. The number of nitrogens with zero attached hydrogens (tertiary/aromatic N) is 3. The summed E-state index contributed by atoms with van der Waals surface area (Å²) in [6.45, 7) is 0. The number of rotatable bonds is 6. The highest BCUT2D eigenvalue weighted by molar-refractivity contribution is 8.00. The van der Waals surface area contributed by atoms with Crippen LogP contribution in [0.2, 0.25) is 10.0 Å². The van der Waals surface area contributed by atoms with Gasteiger partial charge in [0.1, 0.15) is 17.3 Å². The summed E-state index contributed by atoms with van der Waals surface area (Å²) in [6, 6.07) is 14.9. The number of aromatic hydroxyl groups is 1. The van der Waals surface area contributed by atoms with Crippen molar-refractivity contribution in [2.75, 3.05) is 4.90 Å². The lowest BCUT2D eigenvalue weighted by Gasteiger charge is -2.22. The average Bonchev–Trinajstić information content (AvgIpc) is 3.46. The third-order valence-corrected chi connectivity index (χ3v) is 8.43. The maximum Gasteiger partial charge on any atom is 0.301 e. The molecule has 0 saturated carbocycles. The number of hydrogen-bond acceptors (Lipinski definition) is 8. The maximum atomic E-state index is 13.5. The number of phenolic OH excluding ortho intramolecular Hbond substituents is 1. The normalized spacial score (nSPS) is 16.8. The van der Waals surface area contributed by atoms with E-state index in [0.717, 1.165) is 29.0 Å². The molecule has 192 valence electrons. The lowest BCUT2D eigenvalue weighted by molar-refractivity contribution is -0.132. The molecule has 1 amide bonds. The molecular weight excluding hydrogens is 572 g/mol. The van der Waals surface area contributed by atoms with Crippen molar-refractivity contribution in [2.45, 2.75) is 16.1 Å². The largest absolute Gasteiger partial charge is 0.508 e. The predicted molar refractivity (Wildman–Crippen MR) is 145 cm³/mol. The molecule has 0 bridgehead atoms. The Bertz CT molecular complexity index is 1580. The van der Waals surface area contributed by atoms with E-state index in [1.807, 2.05) is 0 Å². The van der Waals surface area contributed by atoms with Crippen molar-refractivity contribution in [2.24, 2.45) is 0 Å². The molecule has 1 unspecified atom stereocenters. The van der Waals surface area contributed by atoms with Gasteiger partial charge in [-0.25, -0.2) is 4.39 Å². The van der Waals surface area contributed by atoms with Gasteiger partial charge in [0.15, 0.2) is 4.34 Å². The van der Waals surface area contributed by atoms with Gasteiger partial charge in [-0.15, -0.1) is 10.2 Å². The molecule has 0 radical (unpaired) electrons. The SMILES string of the molecule is O=C1C(=O)N(c2nnc(SCc3ccc(Cl)cc3Cl)s2)C(c2ccc(O)cc2)/C1=C(/O)c1ccc(F)cc1. The molecular formula is C26H16Cl2FN3O4S2. The van der Waals surface area contributed by atoms with Gasteiger partial charge in [-0.1, -0.05) is 64.5 Å². The Morgan fingerprint density at radius 3 is 2.42 bits per heavy atom. The van der Waals surface area contributed by atoms with Gasteiger partial charge < -0.3 is 10.2 Å². The van der Waals surface area contributed by atoms with Crippen LogP contribution < -0.4 is 4.90 Å². The van der Waals surface area contributed by atoms with E-state index in [1.54, 1.807) is 18.2 Å². The molecule has 3 aromatic carbocycles. The number of benzene rings is 3. The molecule has 12 heteroatoms. The first kappa shape index (κ1) is 26.2. The van der Waals surface area contributed by atoms with Crippen molar-refractivity contribution in [3.8, 4) is 5.75 Å². The fourth-order valence-electron chi connectivity index (χ4n) is 3.90. The molecule has 1 saturated heterocycles. The fourth-order valence-corrected chi connectivity index (χ4v) is 6.33. The number of carbonyl (C=O) groups is 2. The molecule has 1 atom stereocenters. The Hall–Kier alpha value is -3.44. The van der Waals surface area contributed by atoms with Crippen LogP contribution in [-0.2, 0) is 15.3 Å². The van der Waals surface area contributed by atoms with Crippen molar-refractivity contribution in [1.82, 2.24) is 10.2 Å². The number of hydrogen-bond donors (Lipinski definition) is 2. The molecule has 2 N–H and O–H groups in total. The third kappa shape index (κ3) is 5.12. The van der Waals surface area contributed by atoms with Crippen molar-refractivity contribution in [3.05, 3.63) is 105 Å². The molecule has 38 heavy (non-hydrogen) atoms. The van der Waals surface area contributed by atoms with Crippen LogP contribution in [0.15, 0.2) is 76.6 Å². The molecule has 5 rings (SSSR count). The van der Waals surface area contributed by atoms with E-state index in [1.165, 1.54) is 53.1 Å². The third-order valence-electron chi connectivity index (χ3n) is 5.74. The first-order valence-electron chi connectivity index (χ1n) is 11.0. The summed E-state index contributed by atoms with van der Waals surface area (Å²) in [5.41, 5.74) is 1.26. The molecule has 2 heterocycles. The van der Waals surface area contributed by atoms with E-state index >= 15 is 0 Å². The van der Waals surface area contributed by atoms with Gasteiger partial charge >= 0.3 is 5.91 Å². The van der Waals surface area contributed by atoms with Crippen LogP contribution in [0.25, 0.3) is 5.76 Å². The quantitative estimate of drug-likeness (QED) is 0.0859. The zero-order valence-corrected chi connectivity index (χ0v) is 22.3. The number of thioether (sulfide) groups is 1. The van der Waals surface area contributed by atoms with Gasteiger partial charge in [0.2, 0.25) is 5.13 Å². The summed E-state index contributed by atoms with van der Waals surface area (Å²) in [6.07, 6.45) is 0. The Kier molecular flexibility index (Phi) is 7.40. The Morgan fingerprint density at radius 1 is 1.03 bits per heavy atom. The summed E-state index contributed by atoms with van der Waals surface area (Å²) in [5.74, 6) is -2.35. The average molecular weight is 588 g/mol. The van der Waals surface area contributed by atoms with E-state index < -0.39 is 29.3 Å². The van der Waals surface area contributed by atoms with Crippen LogP contribution in [0.3, 0.4) is 0 Å². The van der Waals surface area contributed by atoms with Crippen molar-refractivity contribution >= 4 is 68.9 Å². The maximum absolute atomic E-state index is 13.5. The van der Waals surface area contributed by atoms with E-state index in [4.69, 9.17) is 23.2 Å². The van der Waals surface area contributed by atoms with Crippen LogP contribution in [0.5, 0.6) is 5.75 Å². The van der Waals surface area contributed by atoms with Crippen LogP contribution in [-0.4, -0.2) is 32.1 Å². The second kappa shape index (κ2) is 10.7. The van der Waals surface area contributed by atoms with Crippen LogP contribution in [0.1, 0.15) is 22.7 Å². The van der Waals surface area contributed by atoms with Crippen molar-refractivity contribution < 1.29 is 24.2 Å². The van der Waals surface area contributed by atoms with E-state index in [0.29, 0.717) is 25.7 Å². The number of aliphatic hydroxyl groups excluding tert-OH is 1. The zero-order chi connectivity index (χ0) is 27.0. The zero-order valence-electron chi connectivity index (χ0n) is 19.1. The van der Waals surface area contributed by atoms with Crippen LogP contribution >= 0.6 is 46.3 Å². The topological polar surface area (TPSA) is 104 Å². The lowest BCUT2D eigenvalue weighted by Crippen LogP contribution is -2.29. The number of anilines is 1. The van der Waals surface area contributed by atoms with E-state index in [9.17, 15) is 24.2 Å². The first-order valence-corrected chi connectivity index (χ1v) is 13.5. The number of Topliss-reactive ketones (excluding diaryl/α,β-unsaturated/α-hetero) is 1. The minimum absolute atomic E-state index is 0.0142. The molecule has 1 fully saturated rings. The van der Waals surface area contributed by atoms with Crippen molar-refractivity contribution in [1.29, 1.82) is 0 Å². The number of phenols is 1. The van der Waals surface area contributed by atoms with E-state index in [-0.39, 0.29) is 22.0 Å². The summed E-state index contributed by atoms with van der Waals surface area (Å²) in [7, 11) is 0. The number of carbonyl (C=O) groups excluding carboxylic acids is 2. The van der Waals surface area contributed by atoms with Crippen LogP contribution in [0.4, 0.5) is 9.52 Å². The van der Waals surface area contributed by atoms with Gasteiger partial charge in [0, 0.05) is 21.4 Å². The highest BCUT2D eigenvalue weighted by Gasteiger charge is 2.48. The summed E-state index contributed by atoms with van der Waals surface area (Å²) in [5, 5.41) is 30.3. The second-order valence-electron chi connectivity index (χ2n) is 8.14. The first-order chi connectivity index (χ1) is 18.2. The van der Waals surface area contributed by atoms with Gasteiger partial charge in [0.05, 0.1) is 11.6 Å². The number of halogens is 3. The number of ketones is 1. The van der Waals surface area contributed by atoms with Crippen LogP contribution in [0, 0.1) is 5.82 Å². The van der Waals surface area contributed by atoms with Gasteiger partial charge in [-0.05, 0) is 59.7 Å². The molecule has 1 aromatic heterocycles. The lowest BCUT2D eigenvalue weighted by atomic mass is 9.95. The van der Waals surface area contributed by atoms with Gasteiger partial charge in [0.25, 0.3) is 5.78 Å². The standard InChI is InChI=1S/C26H16Cl2FN3O4S2/c27-16-6-1-15(19(28)11-16)12-37-26-31-30-25(38-26)32-21(13-4-9-18(33)10-5-13)20(23(35)24(32)36)22(34)14-2-7-17(29)8-3-14/h1-11,21,33-34H,12H2/b22-20-. The summed E-state index contributed by atoms with van der Waals surface area (Å²) >= 11 is 14.7. The number of amides is 1. The predicted octanol–water partition coefficient (Wildman–Crippen LogP) is 6.61. The minimum atomic E-state index is -1.06. The Balaban J connectivity index is 1.52. The molecule has 0 aliphatic carbocycles. The number of aliphatic hydroxyl groups is 1. The number of aromatic nitrogens is 2. The molecule has 1 aliphatic rings. The molecule has 1 aliphatic heterocycles. The fraction of sp³-hybridized carbons (Fsp3) is 0.0769. The summed E-state index contributed by atoms with van der Waals surface area (Å²) < 4.78 is 14.0.